The van der Waals surface area contributed by atoms with Crippen LogP contribution in [0.4, 0.5) is 0 Å². The Morgan fingerprint density at radius 3 is 2.88 bits per heavy atom. The molecule has 0 aromatic rings. The van der Waals surface area contributed by atoms with Crippen LogP contribution in [0.25, 0.3) is 0 Å². The Morgan fingerprint density at radius 2 is 2.18 bits per heavy atom. The third-order valence-electron chi connectivity index (χ3n) is 4.43. The minimum atomic E-state index is 0.757. The summed E-state index contributed by atoms with van der Waals surface area (Å²) in [5, 5.41) is 3.60. The number of rotatable bonds is 6. The summed E-state index contributed by atoms with van der Waals surface area (Å²) in [4.78, 5) is 2.69. The van der Waals surface area contributed by atoms with Gasteiger partial charge in [0.25, 0.3) is 0 Å². The molecule has 2 fully saturated rings. The van der Waals surface area contributed by atoms with Gasteiger partial charge >= 0.3 is 0 Å². The summed E-state index contributed by atoms with van der Waals surface area (Å²) < 4.78 is 5.39. The molecule has 2 heterocycles. The summed E-state index contributed by atoms with van der Waals surface area (Å²) in [5.41, 5.74) is 0. The van der Waals surface area contributed by atoms with Crippen LogP contribution in [0, 0.1) is 5.92 Å². The maximum Gasteiger partial charge on any atom is 0.0507 e. The van der Waals surface area contributed by atoms with E-state index in [4.69, 9.17) is 4.74 Å². The van der Waals surface area contributed by atoms with Crippen LogP contribution >= 0.6 is 0 Å². The molecule has 0 radical (unpaired) electrons. The summed E-state index contributed by atoms with van der Waals surface area (Å²) in [6.45, 7) is 10.1. The molecule has 0 saturated carbocycles. The van der Waals surface area contributed by atoms with Crippen LogP contribution in [0.15, 0.2) is 0 Å². The Bertz CT molecular complexity index is 216. The fourth-order valence-corrected chi connectivity index (χ4v) is 3.23. The van der Waals surface area contributed by atoms with Gasteiger partial charge in [0.15, 0.2) is 0 Å². The summed E-state index contributed by atoms with van der Waals surface area (Å²) in [6, 6.07) is 1.62. The van der Waals surface area contributed by atoms with Crippen molar-refractivity contribution in [1.29, 1.82) is 0 Å². The zero-order chi connectivity index (χ0) is 12.1. The second kappa shape index (κ2) is 6.72. The smallest absolute Gasteiger partial charge is 0.0507 e. The average molecular weight is 240 g/mol. The number of nitrogens with one attached hydrogen (secondary N) is 1. The van der Waals surface area contributed by atoms with Gasteiger partial charge < -0.3 is 10.1 Å². The van der Waals surface area contributed by atoms with E-state index in [-0.39, 0.29) is 0 Å². The van der Waals surface area contributed by atoms with Gasteiger partial charge in [-0.15, -0.1) is 0 Å². The van der Waals surface area contributed by atoms with Crippen LogP contribution in [-0.2, 0) is 4.74 Å². The van der Waals surface area contributed by atoms with Gasteiger partial charge in [-0.05, 0) is 38.5 Å². The van der Waals surface area contributed by atoms with E-state index in [0.29, 0.717) is 0 Å². The molecule has 0 spiro atoms. The molecule has 0 aliphatic carbocycles. The molecule has 3 atom stereocenters. The van der Waals surface area contributed by atoms with E-state index >= 15 is 0 Å². The van der Waals surface area contributed by atoms with E-state index in [2.05, 4.69) is 24.1 Å². The number of likely N-dealkylation sites (tertiary alicyclic amines) is 1. The van der Waals surface area contributed by atoms with Crippen LogP contribution in [-0.4, -0.2) is 49.8 Å². The van der Waals surface area contributed by atoms with Gasteiger partial charge in [-0.25, -0.2) is 0 Å². The Balaban J connectivity index is 1.60. The SMILES string of the molecule is CCC1CCC(C)N1CCNCC1CCOC1. The molecule has 2 aliphatic rings. The lowest BCUT2D eigenvalue weighted by Gasteiger charge is -2.27. The number of hydrogen-bond donors (Lipinski definition) is 1. The Labute approximate surface area is 106 Å². The molecule has 0 aromatic heterocycles. The van der Waals surface area contributed by atoms with Crippen LogP contribution in [0.2, 0.25) is 0 Å². The standard InChI is InChI=1S/C14H28N2O/c1-3-14-5-4-12(2)16(14)8-7-15-10-13-6-9-17-11-13/h12-15H,3-11H2,1-2H3. The maximum absolute atomic E-state index is 5.39. The molecule has 17 heavy (non-hydrogen) atoms. The lowest BCUT2D eigenvalue weighted by molar-refractivity contribution is 0.182. The fraction of sp³-hybridized carbons (Fsp3) is 1.00. The largest absolute Gasteiger partial charge is 0.381 e. The van der Waals surface area contributed by atoms with E-state index in [1.165, 1.54) is 32.2 Å². The van der Waals surface area contributed by atoms with Crippen molar-refractivity contribution >= 4 is 0 Å². The molecule has 0 amide bonds. The highest BCUT2D eigenvalue weighted by atomic mass is 16.5. The highest BCUT2D eigenvalue weighted by Crippen LogP contribution is 2.25. The molecule has 1 N–H and O–H groups in total. The molecule has 3 nitrogen and oxygen atoms in total. The topological polar surface area (TPSA) is 24.5 Å². The van der Waals surface area contributed by atoms with Gasteiger partial charge in [0, 0.05) is 38.3 Å². The van der Waals surface area contributed by atoms with Gasteiger partial charge in [0.05, 0.1) is 6.61 Å². The highest BCUT2D eigenvalue weighted by Gasteiger charge is 2.28. The number of nitrogens with zero attached hydrogens (tertiary/aromatic N) is 1. The van der Waals surface area contributed by atoms with E-state index in [1.54, 1.807) is 0 Å². The first kappa shape index (κ1) is 13.3. The molecular weight excluding hydrogens is 212 g/mol. The van der Waals surface area contributed by atoms with E-state index in [0.717, 1.165) is 44.3 Å². The minimum absolute atomic E-state index is 0.757. The van der Waals surface area contributed by atoms with Crippen LogP contribution in [0.1, 0.15) is 39.5 Å². The molecule has 2 saturated heterocycles. The summed E-state index contributed by atoms with van der Waals surface area (Å²) in [5.74, 6) is 0.757. The van der Waals surface area contributed by atoms with Crippen molar-refractivity contribution in [3.63, 3.8) is 0 Å². The minimum Gasteiger partial charge on any atom is -0.381 e. The van der Waals surface area contributed by atoms with Crippen LogP contribution in [0.3, 0.4) is 0 Å². The second-order valence-corrected chi connectivity index (χ2v) is 5.66. The fourth-order valence-electron chi connectivity index (χ4n) is 3.23. The molecule has 100 valence electrons. The van der Waals surface area contributed by atoms with Gasteiger partial charge in [-0.2, -0.15) is 0 Å². The average Bonchev–Trinajstić information content (AvgIpc) is 2.95. The van der Waals surface area contributed by atoms with Crippen LogP contribution in [0.5, 0.6) is 0 Å². The lowest BCUT2D eigenvalue weighted by Crippen LogP contribution is -2.40. The summed E-state index contributed by atoms with van der Waals surface area (Å²) in [7, 11) is 0. The van der Waals surface area contributed by atoms with Gasteiger partial charge in [-0.3, -0.25) is 4.90 Å². The van der Waals surface area contributed by atoms with E-state index in [1.807, 2.05) is 0 Å². The normalized spacial score (nSPS) is 34.6. The maximum atomic E-state index is 5.39. The Hall–Kier alpha value is -0.120. The monoisotopic (exact) mass is 240 g/mol. The predicted molar refractivity (Wildman–Crippen MR) is 71.3 cm³/mol. The van der Waals surface area contributed by atoms with Gasteiger partial charge in [-0.1, -0.05) is 6.92 Å². The summed E-state index contributed by atoms with van der Waals surface area (Å²) in [6.07, 6.45) is 5.33. The Kier molecular flexibility index (Phi) is 5.26. The van der Waals surface area contributed by atoms with Crippen molar-refractivity contribution in [2.75, 3.05) is 32.8 Å². The number of hydrogen-bond acceptors (Lipinski definition) is 3. The molecule has 0 bridgehead atoms. The van der Waals surface area contributed by atoms with Crippen molar-refractivity contribution in [3.05, 3.63) is 0 Å². The first-order chi connectivity index (χ1) is 8.31. The first-order valence-electron chi connectivity index (χ1n) is 7.35. The predicted octanol–water partition coefficient (Wildman–Crippen LogP) is 1.88. The van der Waals surface area contributed by atoms with Crippen LogP contribution < -0.4 is 5.32 Å². The molecule has 2 rings (SSSR count). The second-order valence-electron chi connectivity index (χ2n) is 5.66. The Morgan fingerprint density at radius 1 is 1.29 bits per heavy atom. The van der Waals surface area contributed by atoms with Crippen molar-refractivity contribution in [2.45, 2.75) is 51.6 Å². The van der Waals surface area contributed by atoms with Crippen molar-refractivity contribution < 1.29 is 4.74 Å². The van der Waals surface area contributed by atoms with Gasteiger partial charge in [0.2, 0.25) is 0 Å². The third kappa shape index (κ3) is 3.67. The highest BCUT2D eigenvalue weighted by molar-refractivity contribution is 4.84. The third-order valence-corrected chi connectivity index (χ3v) is 4.43. The molecule has 3 heteroatoms. The first-order valence-corrected chi connectivity index (χ1v) is 7.35. The molecule has 3 unspecified atom stereocenters. The van der Waals surface area contributed by atoms with Gasteiger partial charge in [0.1, 0.15) is 0 Å². The molecule has 2 aliphatic heterocycles. The number of ether oxygens (including phenoxy) is 1. The van der Waals surface area contributed by atoms with E-state index < -0.39 is 0 Å². The van der Waals surface area contributed by atoms with E-state index in [9.17, 15) is 0 Å². The lowest BCUT2D eigenvalue weighted by atomic mass is 10.1. The molecular formula is C14H28N2O. The zero-order valence-corrected chi connectivity index (χ0v) is 11.5. The quantitative estimate of drug-likeness (QED) is 0.717. The zero-order valence-electron chi connectivity index (χ0n) is 11.5. The molecule has 0 aromatic carbocycles. The van der Waals surface area contributed by atoms with Crippen molar-refractivity contribution in [3.8, 4) is 0 Å². The van der Waals surface area contributed by atoms with Crippen molar-refractivity contribution in [2.24, 2.45) is 5.92 Å². The summed E-state index contributed by atoms with van der Waals surface area (Å²) >= 11 is 0. The van der Waals surface area contributed by atoms with Crippen molar-refractivity contribution in [1.82, 2.24) is 10.2 Å².